The van der Waals surface area contributed by atoms with Crippen molar-refractivity contribution in [2.45, 2.75) is 0 Å². The van der Waals surface area contributed by atoms with E-state index in [1.807, 2.05) is 0 Å². The lowest BCUT2D eigenvalue weighted by molar-refractivity contribution is 0.628. The van der Waals surface area contributed by atoms with Crippen molar-refractivity contribution in [3.8, 4) is 11.4 Å². The minimum atomic E-state index is -0.554. The van der Waals surface area contributed by atoms with Crippen LogP contribution in [0.1, 0.15) is 0 Å². The molecule has 0 amide bonds. The zero-order valence-electron chi connectivity index (χ0n) is 11.5. The summed E-state index contributed by atoms with van der Waals surface area (Å²) in [5.41, 5.74) is 0.935. The molecule has 0 aliphatic carbocycles. The third kappa shape index (κ3) is 3.75. The fraction of sp³-hybridized carbons (Fsp3) is 0. The maximum absolute atomic E-state index is 13.5. The number of hydrogen-bond acceptors (Lipinski definition) is 3. The van der Waals surface area contributed by atoms with Gasteiger partial charge >= 0.3 is 0 Å². The second-order valence-electron chi connectivity index (χ2n) is 4.66. The van der Waals surface area contributed by atoms with Gasteiger partial charge in [-0.1, -0.05) is 35.3 Å². The standard InChI is InChI=1S/C16H9Cl2F2N3/c17-12-5-4-11(7-13(12)20)21-15-8-14(18)22-16(23-15)9-2-1-3-10(19)6-9/h1-8H,(H,21,22,23). The summed E-state index contributed by atoms with van der Waals surface area (Å²) in [6.07, 6.45) is 0. The van der Waals surface area contributed by atoms with Crippen LogP contribution in [0.4, 0.5) is 20.3 Å². The van der Waals surface area contributed by atoms with Gasteiger partial charge in [0, 0.05) is 17.3 Å². The van der Waals surface area contributed by atoms with E-state index in [0.29, 0.717) is 17.1 Å². The zero-order valence-corrected chi connectivity index (χ0v) is 13.0. The Bertz CT molecular complexity index is 872. The van der Waals surface area contributed by atoms with Gasteiger partial charge in [0.25, 0.3) is 0 Å². The Hall–Kier alpha value is -2.24. The second kappa shape index (κ2) is 6.48. The van der Waals surface area contributed by atoms with Crippen LogP contribution < -0.4 is 5.32 Å². The van der Waals surface area contributed by atoms with E-state index in [1.54, 1.807) is 18.2 Å². The number of anilines is 2. The number of halogens is 4. The molecule has 116 valence electrons. The van der Waals surface area contributed by atoms with Crippen molar-refractivity contribution < 1.29 is 8.78 Å². The van der Waals surface area contributed by atoms with Crippen LogP contribution in [0.25, 0.3) is 11.4 Å². The molecule has 3 nitrogen and oxygen atoms in total. The number of nitrogens with zero attached hydrogens (tertiary/aromatic N) is 2. The highest BCUT2D eigenvalue weighted by Crippen LogP contribution is 2.25. The topological polar surface area (TPSA) is 37.8 Å². The van der Waals surface area contributed by atoms with Gasteiger partial charge in [-0.3, -0.25) is 0 Å². The van der Waals surface area contributed by atoms with Gasteiger partial charge in [0.2, 0.25) is 0 Å². The zero-order chi connectivity index (χ0) is 16.4. The molecule has 3 rings (SSSR count). The van der Waals surface area contributed by atoms with Gasteiger partial charge in [-0.25, -0.2) is 18.7 Å². The molecule has 0 fully saturated rings. The third-order valence-electron chi connectivity index (χ3n) is 2.97. The average Bonchev–Trinajstić information content (AvgIpc) is 2.50. The molecule has 7 heteroatoms. The van der Waals surface area contributed by atoms with Crippen molar-refractivity contribution in [2.75, 3.05) is 5.32 Å². The van der Waals surface area contributed by atoms with E-state index in [2.05, 4.69) is 15.3 Å². The van der Waals surface area contributed by atoms with Crippen LogP contribution >= 0.6 is 23.2 Å². The van der Waals surface area contributed by atoms with Crippen molar-refractivity contribution in [2.24, 2.45) is 0 Å². The van der Waals surface area contributed by atoms with Crippen LogP contribution in [0.15, 0.2) is 48.5 Å². The summed E-state index contributed by atoms with van der Waals surface area (Å²) < 4.78 is 26.8. The molecule has 0 unspecified atom stereocenters. The lowest BCUT2D eigenvalue weighted by Crippen LogP contribution is -1.98. The first-order chi connectivity index (χ1) is 11.0. The summed E-state index contributed by atoms with van der Waals surface area (Å²) in [4.78, 5) is 8.33. The molecule has 0 atom stereocenters. The van der Waals surface area contributed by atoms with Gasteiger partial charge in [0.15, 0.2) is 5.82 Å². The average molecular weight is 352 g/mol. The number of nitrogens with one attached hydrogen (secondary N) is 1. The van der Waals surface area contributed by atoms with Crippen molar-refractivity contribution in [1.82, 2.24) is 9.97 Å². The Balaban J connectivity index is 1.95. The summed E-state index contributed by atoms with van der Waals surface area (Å²) in [7, 11) is 0. The Morgan fingerprint density at radius 2 is 1.74 bits per heavy atom. The molecular formula is C16H9Cl2F2N3. The lowest BCUT2D eigenvalue weighted by atomic mass is 10.2. The van der Waals surface area contributed by atoms with Gasteiger partial charge in [0.1, 0.15) is 22.6 Å². The molecule has 0 saturated carbocycles. The van der Waals surface area contributed by atoms with Crippen molar-refractivity contribution in [1.29, 1.82) is 0 Å². The molecule has 3 aromatic rings. The molecule has 0 saturated heterocycles. The quantitative estimate of drug-likeness (QED) is 0.635. The summed E-state index contributed by atoms with van der Waals surface area (Å²) in [5, 5.41) is 3.11. The monoisotopic (exact) mass is 351 g/mol. The predicted molar refractivity (Wildman–Crippen MR) is 87.1 cm³/mol. The predicted octanol–water partition coefficient (Wildman–Crippen LogP) is 5.47. The van der Waals surface area contributed by atoms with Crippen LogP contribution in [0.3, 0.4) is 0 Å². The highest BCUT2D eigenvalue weighted by atomic mass is 35.5. The molecular weight excluding hydrogens is 343 g/mol. The molecule has 1 N–H and O–H groups in total. The van der Waals surface area contributed by atoms with Crippen LogP contribution in [-0.4, -0.2) is 9.97 Å². The minimum Gasteiger partial charge on any atom is -0.340 e. The van der Waals surface area contributed by atoms with Gasteiger partial charge in [-0.05, 0) is 30.3 Å². The summed E-state index contributed by atoms with van der Waals surface area (Å²) in [6, 6.07) is 11.6. The van der Waals surface area contributed by atoms with Gasteiger partial charge in [0.05, 0.1) is 5.02 Å². The largest absolute Gasteiger partial charge is 0.340 e. The van der Waals surface area contributed by atoms with E-state index < -0.39 is 11.6 Å². The van der Waals surface area contributed by atoms with E-state index in [-0.39, 0.29) is 16.0 Å². The van der Waals surface area contributed by atoms with E-state index in [4.69, 9.17) is 23.2 Å². The number of hydrogen-bond donors (Lipinski definition) is 1. The number of benzene rings is 2. The number of rotatable bonds is 3. The van der Waals surface area contributed by atoms with Crippen molar-refractivity contribution in [3.05, 3.63) is 70.3 Å². The first-order valence-electron chi connectivity index (χ1n) is 6.54. The fourth-order valence-electron chi connectivity index (χ4n) is 1.96. The molecule has 0 aliphatic heterocycles. The van der Waals surface area contributed by atoms with Gasteiger partial charge < -0.3 is 5.32 Å². The highest BCUT2D eigenvalue weighted by molar-refractivity contribution is 6.30. The summed E-state index contributed by atoms with van der Waals surface area (Å²) >= 11 is 11.6. The van der Waals surface area contributed by atoms with Crippen molar-refractivity contribution in [3.63, 3.8) is 0 Å². The maximum Gasteiger partial charge on any atom is 0.163 e. The Morgan fingerprint density at radius 1 is 0.913 bits per heavy atom. The minimum absolute atomic E-state index is 0.0247. The maximum atomic E-state index is 13.5. The Labute approximate surface area is 140 Å². The van der Waals surface area contributed by atoms with E-state index in [0.717, 1.165) is 0 Å². The summed E-state index contributed by atoms with van der Waals surface area (Å²) in [5.74, 6) is -0.345. The van der Waals surface area contributed by atoms with Crippen LogP contribution in [0.5, 0.6) is 0 Å². The van der Waals surface area contributed by atoms with Crippen LogP contribution in [0.2, 0.25) is 10.2 Å². The SMILES string of the molecule is Fc1cccc(-c2nc(Cl)cc(Nc3ccc(Cl)c(F)c3)n2)c1. The van der Waals surface area contributed by atoms with Gasteiger partial charge in [-0.2, -0.15) is 0 Å². The lowest BCUT2D eigenvalue weighted by Gasteiger charge is -2.09. The molecule has 23 heavy (non-hydrogen) atoms. The Kier molecular flexibility index (Phi) is 4.41. The molecule has 0 radical (unpaired) electrons. The Morgan fingerprint density at radius 3 is 2.48 bits per heavy atom. The highest BCUT2D eigenvalue weighted by Gasteiger charge is 2.08. The van der Waals surface area contributed by atoms with E-state index in [9.17, 15) is 8.78 Å². The summed E-state index contributed by atoms with van der Waals surface area (Å²) in [6.45, 7) is 0. The third-order valence-corrected chi connectivity index (χ3v) is 3.47. The molecule has 2 aromatic carbocycles. The van der Waals surface area contributed by atoms with Crippen molar-refractivity contribution >= 4 is 34.7 Å². The molecule has 0 aliphatic rings. The molecule has 0 bridgehead atoms. The molecule has 1 heterocycles. The number of aromatic nitrogens is 2. The molecule has 1 aromatic heterocycles. The van der Waals surface area contributed by atoms with Gasteiger partial charge in [-0.15, -0.1) is 0 Å². The van der Waals surface area contributed by atoms with Crippen LogP contribution in [-0.2, 0) is 0 Å². The first-order valence-corrected chi connectivity index (χ1v) is 7.29. The van der Waals surface area contributed by atoms with E-state index in [1.165, 1.54) is 30.3 Å². The normalized spacial score (nSPS) is 10.6. The van der Waals surface area contributed by atoms with Crippen LogP contribution in [0, 0.1) is 11.6 Å². The second-order valence-corrected chi connectivity index (χ2v) is 5.46. The smallest absolute Gasteiger partial charge is 0.163 e. The fourth-order valence-corrected chi connectivity index (χ4v) is 2.26. The first kappa shape index (κ1) is 15.6. The molecule has 0 spiro atoms. The van der Waals surface area contributed by atoms with E-state index >= 15 is 0 Å².